The summed E-state index contributed by atoms with van der Waals surface area (Å²) in [5, 5.41) is 3.28. The predicted molar refractivity (Wildman–Crippen MR) is 174 cm³/mol. The van der Waals surface area contributed by atoms with Crippen LogP contribution in [0, 0.1) is 11.8 Å². The number of rotatable bonds is 6. The minimum atomic E-state index is -3.57. The minimum absolute atomic E-state index is 0.0322. The average Bonchev–Trinajstić information content (AvgIpc) is 3.33. The molecule has 2 amide bonds. The maximum Gasteiger partial charge on any atom is 0.352 e. The Morgan fingerprint density at radius 3 is 2.57 bits per heavy atom. The first-order valence-electron chi connectivity index (χ1n) is 16.2. The fourth-order valence-electron chi connectivity index (χ4n) is 8.06. The standard InChI is InChI=1S/C36H34F2N6O3/c1-42-32-26(12-23(15-30(32)47-2)34(45)44-17-22-8-10-27(44)31(22)39)40-33(42)29-14-21-6-5-20(13-28(21)43(29)16-18-3-4-18)19-7-9-25-24(11-19)36(37,38)35(46)41-25/h5-7,9,11-15,18,22,27,31H,3-4,8,10,16-17,39H2,1-2H3,(H,41,46)/t22?,27?,31-/m1/s1. The number of hydrogen-bond donors (Lipinski definition) is 2. The van der Waals surface area contributed by atoms with Gasteiger partial charge in [0, 0.05) is 48.7 Å². The number of nitrogens with zero attached hydrogens (tertiary/aromatic N) is 4. The first-order valence-corrected chi connectivity index (χ1v) is 16.2. The van der Waals surface area contributed by atoms with E-state index in [0.29, 0.717) is 40.8 Å². The molecule has 4 heterocycles. The lowest BCUT2D eigenvalue weighted by atomic mass is 9.99. The zero-order valence-corrected chi connectivity index (χ0v) is 26.1. The summed E-state index contributed by atoms with van der Waals surface area (Å²) in [6, 6.07) is 16.5. The van der Waals surface area contributed by atoms with Gasteiger partial charge in [0.25, 0.3) is 11.8 Å². The number of carbonyl (C=O) groups is 2. The van der Waals surface area contributed by atoms with E-state index < -0.39 is 11.8 Å². The Labute approximate surface area is 269 Å². The molecule has 9 nitrogen and oxygen atoms in total. The van der Waals surface area contributed by atoms with Crippen LogP contribution in [0.1, 0.15) is 41.6 Å². The van der Waals surface area contributed by atoms with Crippen LogP contribution in [0.5, 0.6) is 5.75 Å². The van der Waals surface area contributed by atoms with Crippen molar-refractivity contribution >= 4 is 39.4 Å². The van der Waals surface area contributed by atoms with Gasteiger partial charge in [0.05, 0.1) is 29.6 Å². The molecule has 2 saturated carbocycles. The molecule has 2 aliphatic heterocycles. The summed E-state index contributed by atoms with van der Waals surface area (Å²) in [7, 11) is 3.56. The van der Waals surface area contributed by atoms with Crippen LogP contribution in [0.2, 0.25) is 0 Å². The SMILES string of the molecule is COc1cc(C(=O)N2CC3CCC2[C@@H]3N)cc2nc(-c3cc4ccc(-c5ccc6c(c5)C(F)(F)C(=O)N6)cc4n3CC3CC3)n(C)c12. The number of aryl methyl sites for hydroxylation is 1. The van der Waals surface area contributed by atoms with Crippen molar-refractivity contribution in [1.82, 2.24) is 19.0 Å². The van der Waals surface area contributed by atoms with Crippen molar-refractivity contribution in [2.45, 2.75) is 50.2 Å². The topological polar surface area (TPSA) is 107 Å². The molecular formula is C36H34F2N6O3. The van der Waals surface area contributed by atoms with E-state index in [-0.39, 0.29) is 29.2 Å². The van der Waals surface area contributed by atoms with Gasteiger partial charge >= 0.3 is 5.92 Å². The highest BCUT2D eigenvalue weighted by Gasteiger charge is 2.49. The maximum absolute atomic E-state index is 14.6. The lowest BCUT2D eigenvalue weighted by Gasteiger charge is -2.27. The van der Waals surface area contributed by atoms with E-state index >= 15 is 0 Å². The Hall–Kier alpha value is -4.77. The second-order valence-electron chi connectivity index (χ2n) is 13.6. The normalized spacial score (nSPS) is 22.8. The van der Waals surface area contributed by atoms with Crippen LogP contribution in [0.3, 0.4) is 0 Å². The Bertz CT molecular complexity index is 2170. The first kappa shape index (κ1) is 28.5. The van der Waals surface area contributed by atoms with Crippen molar-refractivity contribution in [3.05, 3.63) is 65.7 Å². The van der Waals surface area contributed by atoms with Gasteiger partial charge < -0.3 is 29.8 Å². The van der Waals surface area contributed by atoms with Gasteiger partial charge in [-0.25, -0.2) is 4.98 Å². The molecule has 3 aromatic carbocycles. The van der Waals surface area contributed by atoms with Crippen molar-refractivity contribution in [2.24, 2.45) is 24.6 Å². The number of hydrogen-bond acceptors (Lipinski definition) is 5. The summed E-state index contributed by atoms with van der Waals surface area (Å²) < 4.78 is 39.3. The van der Waals surface area contributed by atoms with Crippen LogP contribution in [0.4, 0.5) is 14.5 Å². The number of fused-ring (bicyclic) bond motifs is 5. The van der Waals surface area contributed by atoms with Gasteiger partial charge in [0.15, 0.2) is 5.82 Å². The summed E-state index contributed by atoms with van der Waals surface area (Å²) in [6.07, 6.45) is 4.29. The summed E-state index contributed by atoms with van der Waals surface area (Å²) in [6.45, 7) is 1.48. The van der Waals surface area contributed by atoms with Gasteiger partial charge in [0.2, 0.25) is 0 Å². The number of likely N-dealkylation sites (tertiary alicyclic amines) is 1. The lowest BCUT2D eigenvalue weighted by Crippen LogP contribution is -2.41. The molecular weight excluding hydrogens is 602 g/mol. The molecule has 5 aromatic rings. The van der Waals surface area contributed by atoms with Crippen molar-refractivity contribution in [3.63, 3.8) is 0 Å². The second kappa shape index (κ2) is 9.87. The molecule has 2 unspecified atom stereocenters. The van der Waals surface area contributed by atoms with Gasteiger partial charge in [-0.2, -0.15) is 8.78 Å². The Morgan fingerprint density at radius 1 is 1.06 bits per heavy atom. The fourth-order valence-corrected chi connectivity index (χ4v) is 8.06. The Morgan fingerprint density at radius 2 is 1.85 bits per heavy atom. The third kappa shape index (κ3) is 4.18. The number of amides is 2. The number of methoxy groups -OCH3 is 1. The molecule has 47 heavy (non-hydrogen) atoms. The number of carbonyl (C=O) groups excluding carboxylic acids is 2. The summed E-state index contributed by atoms with van der Waals surface area (Å²) in [5.74, 6) is -2.69. The van der Waals surface area contributed by atoms with Gasteiger partial charge in [0.1, 0.15) is 11.3 Å². The van der Waals surface area contributed by atoms with E-state index in [4.69, 9.17) is 15.5 Å². The van der Waals surface area contributed by atoms with E-state index in [2.05, 4.69) is 16.0 Å². The van der Waals surface area contributed by atoms with E-state index in [0.717, 1.165) is 65.7 Å². The van der Waals surface area contributed by atoms with Gasteiger partial charge in [-0.05, 0) is 85.0 Å². The quantitative estimate of drug-likeness (QED) is 0.242. The van der Waals surface area contributed by atoms with Gasteiger partial charge in [-0.3, -0.25) is 9.59 Å². The molecule has 2 aliphatic carbocycles. The zero-order valence-electron chi connectivity index (χ0n) is 26.1. The smallest absolute Gasteiger partial charge is 0.352 e. The molecule has 9 rings (SSSR count). The second-order valence-corrected chi connectivity index (χ2v) is 13.6. The number of benzene rings is 3. The van der Waals surface area contributed by atoms with E-state index in [1.54, 1.807) is 13.2 Å². The van der Waals surface area contributed by atoms with Crippen LogP contribution < -0.4 is 15.8 Å². The molecule has 3 N–H and O–H groups in total. The average molecular weight is 637 g/mol. The molecule has 4 aliphatic rings. The monoisotopic (exact) mass is 636 g/mol. The highest BCUT2D eigenvalue weighted by molar-refractivity contribution is 6.04. The van der Waals surface area contributed by atoms with Crippen LogP contribution in [-0.4, -0.2) is 56.6 Å². The number of alkyl halides is 2. The predicted octanol–water partition coefficient (Wildman–Crippen LogP) is 5.89. The fraction of sp³-hybridized carbons (Fsp3) is 0.361. The Balaban J connectivity index is 1.14. The molecule has 11 heteroatoms. The first-order chi connectivity index (χ1) is 22.6. The van der Waals surface area contributed by atoms with E-state index in [1.807, 2.05) is 46.8 Å². The number of ether oxygens (including phenoxy) is 1. The molecule has 3 atom stereocenters. The van der Waals surface area contributed by atoms with Crippen LogP contribution in [0.15, 0.2) is 54.6 Å². The lowest BCUT2D eigenvalue weighted by molar-refractivity contribution is -0.139. The molecule has 240 valence electrons. The zero-order chi connectivity index (χ0) is 32.4. The number of nitrogens with two attached hydrogens (primary N) is 1. The van der Waals surface area contributed by atoms with Crippen LogP contribution >= 0.6 is 0 Å². The molecule has 2 aromatic heterocycles. The number of aromatic nitrogens is 3. The third-order valence-electron chi connectivity index (χ3n) is 10.8. The number of nitrogens with one attached hydrogen (secondary N) is 1. The van der Waals surface area contributed by atoms with E-state index in [9.17, 15) is 18.4 Å². The maximum atomic E-state index is 14.6. The largest absolute Gasteiger partial charge is 0.494 e. The van der Waals surface area contributed by atoms with E-state index in [1.165, 1.54) is 12.1 Å². The summed E-state index contributed by atoms with van der Waals surface area (Å²) in [5.41, 5.74) is 11.5. The van der Waals surface area contributed by atoms with Crippen molar-refractivity contribution < 1.29 is 23.1 Å². The molecule has 2 bridgehead atoms. The van der Waals surface area contributed by atoms with Crippen molar-refractivity contribution in [1.29, 1.82) is 0 Å². The number of anilines is 1. The van der Waals surface area contributed by atoms with Crippen LogP contribution in [0.25, 0.3) is 44.6 Å². The Kier molecular flexibility index (Phi) is 5.97. The third-order valence-corrected chi connectivity index (χ3v) is 10.8. The molecule has 0 spiro atoms. The molecule has 3 fully saturated rings. The summed E-state index contributed by atoms with van der Waals surface area (Å²) in [4.78, 5) is 32.6. The van der Waals surface area contributed by atoms with Gasteiger partial charge in [-0.1, -0.05) is 18.2 Å². The van der Waals surface area contributed by atoms with Crippen molar-refractivity contribution in [2.75, 3.05) is 19.0 Å². The van der Waals surface area contributed by atoms with Crippen LogP contribution in [-0.2, 0) is 24.3 Å². The highest BCUT2D eigenvalue weighted by Crippen LogP contribution is 2.44. The number of halogens is 2. The van der Waals surface area contributed by atoms with Crippen molar-refractivity contribution in [3.8, 4) is 28.4 Å². The minimum Gasteiger partial charge on any atom is -0.494 e. The molecule has 0 radical (unpaired) electrons. The molecule has 1 saturated heterocycles. The number of piperidine rings is 1. The highest BCUT2D eigenvalue weighted by atomic mass is 19.3. The summed E-state index contributed by atoms with van der Waals surface area (Å²) >= 11 is 0. The number of imidazole rings is 1. The van der Waals surface area contributed by atoms with Gasteiger partial charge in [-0.15, -0.1) is 0 Å².